The van der Waals surface area contributed by atoms with Crippen LogP contribution in [0.1, 0.15) is 25.0 Å². The fourth-order valence-electron chi connectivity index (χ4n) is 3.12. The Morgan fingerprint density at radius 1 is 0.905 bits per heavy atom. The number of nitrogens with zero attached hydrogens (tertiary/aromatic N) is 1. The molecular formula is C20H21N. The molecule has 2 aromatic carbocycles. The van der Waals surface area contributed by atoms with Gasteiger partial charge in [-0.2, -0.15) is 0 Å². The van der Waals surface area contributed by atoms with Crippen molar-refractivity contribution in [1.82, 2.24) is 0 Å². The van der Waals surface area contributed by atoms with Gasteiger partial charge in [-0.1, -0.05) is 74.5 Å². The minimum atomic E-state index is 0.0480. The van der Waals surface area contributed by atoms with Crippen LogP contribution >= 0.6 is 0 Å². The van der Waals surface area contributed by atoms with E-state index in [4.69, 9.17) is 0 Å². The summed E-state index contributed by atoms with van der Waals surface area (Å²) in [4.78, 5) is 2.30. The molecule has 106 valence electrons. The van der Waals surface area contributed by atoms with Crippen molar-refractivity contribution in [3.63, 3.8) is 0 Å². The number of para-hydroxylation sites is 1. The van der Waals surface area contributed by atoms with Gasteiger partial charge in [-0.3, -0.25) is 0 Å². The Bertz CT molecular complexity index is 693. The molecule has 1 aliphatic rings. The Kier molecular flexibility index (Phi) is 3.42. The first kappa shape index (κ1) is 13.7. The normalized spacial score (nSPS) is 18.4. The van der Waals surface area contributed by atoms with Gasteiger partial charge in [0.25, 0.3) is 0 Å². The van der Waals surface area contributed by atoms with Crippen molar-refractivity contribution in [3.8, 4) is 0 Å². The molecule has 0 saturated carbocycles. The molecule has 0 amide bonds. The smallest absolute Gasteiger partial charge is 0.0447 e. The summed E-state index contributed by atoms with van der Waals surface area (Å²) in [7, 11) is 2.15. The van der Waals surface area contributed by atoms with E-state index >= 15 is 0 Å². The number of hydrogen-bond acceptors (Lipinski definition) is 1. The maximum absolute atomic E-state index is 2.30. The number of fused-ring (bicyclic) bond motifs is 1. The van der Waals surface area contributed by atoms with E-state index in [0.29, 0.717) is 0 Å². The fourth-order valence-corrected chi connectivity index (χ4v) is 3.12. The van der Waals surface area contributed by atoms with Crippen molar-refractivity contribution >= 4 is 11.8 Å². The zero-order valence-electron chi connectivity index (χ0n) is 12.9. The van der Waals surface area contributed by atoms with E-state index in [2.05, 4.69) is 92.6 Å². The highest BCUT2D eigenvalue weighted by atomic mass is 15.2. The molecule has 0 bridgehead atoms. The van der Waals surface area contributed by atoms with Gasteiger partial charge in [-0.15, -0.1) is 0 Å². The predicted octanol–water partition coefficient (Wildman–Crippen LogP) is 5.01. The van der Waals surface area contributed by atoms with E-state index < -0.39 is 0 Å². The second-order valence-corrected chi connectivity index (χ2v) is 6.02. The zero-order valence-corrected chi connectivity index (χ0v) is 12.9. The van der Waals surface area contributed by atoms with E-state index in [0.717, 1.165) is 0 Å². The lowest BCUT2D eigenvalue weighted by Gasteiger charge is -2.23. The molecule has 3 rings (SSSR count). The Balaban J connectivity index is 1.93. The number of anilines is 1. The SMILES string of the molecule is CN1/C(=C/C=C/c2ccccc2)C(C)(C)c2ccccc21. The van der Waals surface area contributed by atoms with E-state index in [1.165, 1.54) is 22.5 Å². The molecule has 0 unspecified atom stereocenters. The van der Waals surface area contributed by atoms with Crippen LogP contribution in [0.3, 0.4) is 0 Å². The van der Waals surface area contributed by atoms with Gasteiger partial charge >= 0.3 is 0 Å². The molecule has 0 aliphatic carbocycles. The summed E-state index contributed by atoms with van der Waals surface area (Å²) in [6.07, 6.45) is 6.53. The third kappa shape index (κ3) is 2.40. The van der Waals surface area contributed by atoms with Gasteiger partial charge in [0.2, 0.25) is 0 Å². The van der Waals surface area contributed by atoms with Crippen LogP contribution in [0.25, 0.3) is 6.08 Å². The number of benzene rings is 2. The first-order valence-electron chi connectivity index (χ1n) is 7.38. The highest BCUT2D eigenvalue weighted by Crippen LogP contribution is 2.46. The summed E-state index contributed by atoms with van der Waals surface area (Å²) in [6, 6.07) is 19.1. The highest BCUT2D eigenvalue weighted by molar-refractivity contribution is 5.70. The first-order valence-corrected chi connectivity index (χ1v) is 7.38. The number of hydrogen-bond donors (Lipinski definition) is 0. The van der Waals surface area contributed by atoms with Gasteiger partial charge in [0, 0.05) is 23.8 Å². The number of likely N-dealkylation sites (N-methyl/N-ethyl adjacent to an activating group) is 1. The third-order valence-electron chi connectivity index (χ3n) is 4.28. The van der Waals surface area contributed by atoms with E-state index in [1.54, 1.807) is 0 Å². The Morgan fingerprint density at radius 2 is 1.57 bits per heavy atom. The first-order chi connectivity index (χ1) is 10.1. The van der Waals surface area contributed by atoms with E-state index in [-0.39, 0.29) is 5.41 Å². The number of rotatable bonds is 2. The van der Waals surface area contributed by atoms with Crippen LogP contribution in [0.2, 0.25) is 0 Å². The van der Waals surface area contributed by atoms with Crippen LogP contribution in [0.4, 0.5) is 5.69 Å². The van der Waals surface area contributed by atoms with Gasteiger partial charge in [0.15, 0.2) is 0 Å². The summed E-state index contributed by atoms with van der Waals surface area (Å²) in [6.45, 7) is 4.58. The van der Waals surface area contributed by atoms with Crippen LogP contribution in [-0.4, -0.2) is 7.05 Å². The summed E-state index contributed by atoms with van der Waals surface area (Å²) in [5, 5.41) is 0. The lowest BCUT2D eigenvalue weighted by molar-refractivity contribution is 0.640. The summed E-state index contributed by atoms with van der Waals surface area (Å²) in [5.41, 5.74) is 5.31. The van der Waals surface area contributed by atoms with Crippen LogP contribution < -0.4 is 4.90 Å². The van der Waals surface area contributed by atoms with Crippen LogP contribution in [0.15, 0.2) is 72.4 Å². The van der Waals surface area contributed by atoms with Crippen LogP contribution in [-0.2, 0) is 5.41 Å². The van der Waals surface area contributed by atoms with Gasteiger partial charge in [-0.05, 0) is 23.3 Å². The highest BCUT2D eigenvalue weighted by Gasteiger charge is 2.37. The van der Waals surface area contributed by atoms with Crippen molar-refractivity contribution in [2.75, 3.05) is 11.9 Å². The van der Waals surface area contributed by atoms with Gasteiger partial charge in [0.1, 0.15) is 0 Å². The van der Waals surface area contributed by atoms with E-state index in [1.807, 2.05) is 6.07 Å². The summed E-state index contributed by atoms with van der Waals surface area (Å²) in [5.74, 6) is 0. The van der Waals surface area contributed by atoms with Crippen molar-refractivity contribution < 1.29 is 0 Å². The minimum Gasteiger partial charge on any atom is -0.347 e. The standard InChI is InChI=1S/C20H21N/c1-20(2)17-13-7-8-14-18(17)21(3)19(20)15-9-12-16-10-5-4-6-11-16/h4-15H,1-3H3/b12-9+,19-15+. The van der Waals surface area contributed by atoms with Crippen molar-refractivity contribution in [3.05, 3.63) is 83.6 Å². The van der Waals surface area contributed by atoms with Gasteiger partial charge in [-0.25, -0.2) is 0 Å². The predicted molar refractivity (Wildman–Crippen MR) is 91.4 cm³/mol. The fraction of sp³-hybridized carbons (Fsp3) is 0.200. The topological polar surface area (TPSA) is 3.24 Å². The molecule has 0 aromatic heterocycles. The molecule has 1 nitrogen and oxygen atoms in total. The quantitative estimate of drug-likeness (QED) is 0.744. The molecule has 1 aliphatic heterocycles. The maximum Gasteiger partial charge on any atom is 0.0447 e. The molecule has 1 heterocycles. The Labute approximate surface area is 127 Å². The number of allylic oxidation sites excluding steroid dienone is 3. The molecule has 0 fully saturated rings. The second-order valence-electron chi connectivity index (χ2n) is 6.02. The van der Waals surface area contributed by atoms with Crippen LogP contribution in [0, 0.1) is 0 Å². The van der Waals surface area contributed by atoms with Gasteiger partial charge in [0.05, 0.1) is 0 Å². The van der Waals surface area contributed by atoms with Crippen molar-refractivity contribution in [2.24, 2.45) is 0 Å². The molecule has 21 heavy (non-hydrogen) atoms. The van der Waals surface area contributed by atoms with Crippen LogP contribution in [0.5, 0.6) is 0 Å². The lowest BCUT2D eigenvalue weighted by atomic mass is 9.84. The summed E-state index contributed by atoms with van der Waals surface area (Å²) >= 11 is 0. The molecule has 0 atom stereocenters. The van der Waals surface area contributed by atoms with Gasteiger partial charge < -0.3 is 4.90 Å². The second kappa shape index (κ2) is 5.25. The average molecular weight is 275 g/mol. The minimum absolute atomic E-state index is 0.0480. The molecule has 0 N–H and O–H groups in total. The monoisotopic (exact) mass is 275 g/mol. The van der Waals surface area contributed by atoms with Crippen molar-refractivity contribution in [1.29, 1.82) is 0 Å². The molecule has 0 saturated heterocycles. The Hall–Kier alpha value is -2.28. The molecule has 1 heteroatoms. The third-order valence-corrected chi connectivity index (χ3v) is 4.28. The molecule has 0 spiro atoms. The molecule has 0 radical (unpaired) electrons. The lowest BCUT2D eigenvalue weighted by Crippen LogP contribution is -2.22. The maximum atomic E-state index is 2.30. The molecular weight excluding hydrogens is 254 g/mol. The largest absolute Gasteiger partial charge is 0.347 e. The summed E-state index contributed by atoms with van der Waals surface area (Å²) < 4.78 is 0. The zero-order chi connectivity index (χ0) is 14.9. The van der Waals surface area contributed by atoms with E-state index in [9.17, 15) is 0 Å². The molecule has 2 aromatic rings. The Morgan fingerprint density at radius 3 is 2.29 bits per heavy atom. The average Bonchev–Trinajstić information content (AvgIpc) is 2.70. The van der Waals surface area contributed by atoms with Crippen molar-refractivity contribution in [2.45, 2.75) is 19.3 Å².